The van der Waals surface area contributed by atoms with Crippen LogP contribution in [-0.4, -0.2) is 9.55 Å². The van der Waals surface area contributed by atoms with Crippen molar-refractivity contribution in [3.63, 3.8) is 0 Å². The predicted octanol–water partition coefficient (Wildman–Crippen LogP) is 10.5. The van der Waals surface area contributed by atoms with Gasteiger partial charge in [0, 0.05) is 41.9 Å². The molecule has 3 heteroatoms. The first-order chi connectivity index (χ1) is 19.8. The third-order valence-electron chi connectivity index (χ3n) is 8.15. The first-order valence-corrected chi connectivity index (χ1v) is 14.4. The van der Waals surface area contributed by atoms with Crippen molar-refractivity contribution in [2.75, 3.05) is 0 Å². The largest absolute Gasteiger partial charge is 0.306 e. The Bertz CT molecular complexity index is 2380. The van der Waals surface area contributed by atoms with Crippen LogP contribution in [0.5, 0.6) is 0 Å². The van der Waals surface area contributed by atoms with Crippen LogP contribution in [0.1, 0.15) is 0 Å². The van der Waals surface area contributed by atoms with Crippen LogP contribution in [-0.2, 0) is 0 Å². The van der Waals surface area contributed by atoms with Gasteiger partial charge in [0.2, 0.25) is 0 Å². The molecule has 0 saturated carbocycles. The lowest BCUT2D eigenvalue weighted by Gasteiger charge is -2.15. The molecule has 0 atom stereocenters. The highest BCUT2D eigenvalue weighted by atomic mass is 32.1. The van der Waals surface area contributed by atoms with Gasteiger partial charge in [-0.2, -0.15) is 0 Å². The lowest BCUT2D eigenvalue weighted by atomic mass is 10.0. The lowest BCUT2D eigenvalue weighted by Crippen LogP contribution is -1.97. The molecule has 3 heterocycles. The number of hydrogen-bond donors (Lipinski definition) is 0. The number of thiophene rings is 1. The number of nitrogens with zero attached hydrogens (tertiary/aromatic N) is 2. The molecule has 186 valence electrons. The summed E-state index contributed by atoms with van der Waals surface area (Å²) >= 11 is 1.87. The number of aromatic nitrogens is 2. The summed E-state index contributed by atoms with van der Waals surface area (Å²) in [6.07, 6.45) is 0. The molecule has 0 aliphatic carbocycles. The molecule has 3 aromatic heterocycles. The van der Waals surface area contributed by atoms with Crippen LogP contribution in [0.2, 0.25) is 0 Å². The van der Waals surface area contributed by atoms with Crippen molar-refractivity contribution in [3.05, 3.63) is 133 Å². The van der Waals surface area contributed by atoms with E-state index in [-0.39, 0.29) is 0 Å². The zero-order valence-corrected chi connectivity index (χ0v) is 22.3. The van der Waals surface area contributed by atoms with Gasteiger partial charge in [-0.05, 0) is 41.1 Å². The maximum atomic E-state index is 5.39. The van der Waals surface area contributed by atoms with Gasteiger partial charge in [0.25, 0.3) is 0 Å². The Kier molecular flexibility index (Phi) is 4.52. The lowest BCUT2D eigenvalue weighted by molar-refractivity contribution is 1.21. The van der Waals surface area contributed by atoms with E-state index in [0.717, 1.165) is 22.3 Å². The smallest absolute Gasteiger partial charge is 0.0985 e. The molecule has 40 heavy (non-hydrogen) atoms. The SMILES string of the molecule is c1ccc(-c2ccc3c(n2)c2c4sc5ccccc5c4ccc2n3-c2c3ccccc3cc3ccccc23)cc1. The Morgan fingerprint density at radius 2 is 1.18 bits per heavy atom. The average Bonchev–Trinajstić information content (AvgIpc) is 3.55. The monoisotopic (exact) mass is 526 g/mol. The molecular formula is C37H22N2S. The number of rotatable bonds is 2. The molecule has 0 radical (unpaired) electrons. The molecule has 9 aromatic rings. The van der Waals surface area contributed by atoms with E-state index in [0.29, 0.717) is 0 Å². The molecule has 0 fully saturated rings. The van der Waals surface area contributed by atoms with Crippen LogP contribution >= 0.6 is 11.3 Å². The Labute approximate surface area is 234 Å². The molecule has 0 aliphatic rings. The van der Waals surface area contributed by atoms with E-state index in [9.17, 15) is 0 Å². The quantitative estimate of drug-likeness (QED) is 0.205. The normalized spacial score (nSPS) is 12.0. The van der Waals surface area contributed by atoms with Crippen molar-refractivity contribution >= 4 is 75.0 Å². The van der Waals surface area contributed by atoms with Gasteiger partial charge in [0.05, 0.1) is 27.9 Å². The zero-order valence-electron chi connectivity index (χ0n) is 21.5. The molecule has 6 aromatic carbocycles. The zero-order chi connectivity index (χ0) is 26.2. The molecule has 0 bridgehead atoms. The first-order valence-electron chi connectivity index (χ1n) is 13.6. The molecule has 0 N–H and O–H groups in total. The van der Waals surface area contributed by atoms with Gasteiger partial charge in [0.1, 0.15) is 0 Å². The van der Waals surface area contributed by atoms with Crippen molar-refractivity contribution in [3.8, 4) is 16.9 Å². The van der Waals surface area contributed by atoms with E-state index in [1.807, 2.05) is 11.3 Å². The predicted molar refractivity (Wildman–Crippen MR) is 172 cm³/mol. The van der Waals surface area contributed by atoms with Gasteiger partial charge in [-0.25, -0.2) is 4.98 Å². The summed E-state index contributed by atoms with van der Waals surface area (Å²) in [6, 6.07) is 48.0. The van der Waals surface area contributed by atoms with Gasteiger partial charge in [-0.15, -0.1) is 11.3 Å². The van der Waals surface area contributed by atoms with Gasteiger partial charge < -0.3 is 4.57 Å². The van der Waals surface area contributed by atoms with E-state index in [2.05, 4.69) is 138 Å². The van der Waals surface area contributed by atoms with Crippen LogP contribution in [0, 0.1) is 0 Å². The first kappa shape index (κ1) is 21.9. The molecule has 9 rings (SSSR count). The Hall–Kier alpha value is -4.99. The van der Waals surface area contributed by atoms with Crippen LogP contribution in [0.15, 0.2) is 133 Å². The summed E-state index contributed by atoms with van der Waals surface area (Å²) in [5, 5.41) is 8.78. The topological polar surface area (TPSA) is 17.8 Å². The molecule has 0 aliphatic heterocycles. The van der Waals surface area contributed by atoms with Crippen molar-refractivity contribution in [2.45, 2.75) is 0 Å². The third kappa shape index (κ3) is 3.01. The maximum Gasteiger partial charge on any atom is 0.0985 e. The maximum absolute atomic E-state index is 5.39. The summed E-state index contributed by atoms with van der Waals surface area (Å²) in [5.41, 5.74) is 6.70. The van der Waals surface area contributed by atoms with Crippen molar-refractivity contribution in [2.24, 2.45) is 0 Å². The van der Waals surface area contributed by atoms with Crippen molar-refractivity contribution in [1.82, 2.24) is 9.55 Å². The number of benzene rings is 6. The van der Waals surface area contributed by atoms with Crippen LogP contribution in [0.4, 0.5) is 0 Å². The highest BCUT2D eigenvalue weighted by Gasteiger charge is 2.21. The van der Waals surface area contributed by atoms with Crippen LogP contribution < -0.4 is 0 Å². The number of hydrogen-bond acceptors (Lipinski definition) is 2. The van der Waals surface area contributed by atoms with E-state index >= 15 is 0 Å². The van der Waals surface area contributed by atoms with E-state index in [1.165, 1.54) is 58.3 Å². The minimum atomic E-state index is 0.994. The van der Waals surface area contributed by atoms with E-state index in [1.54, 1.807) is 0 Å². The van der Waals surface area contributed by atoms with Gasteiger partial charge in [-0.1, -0.05) is 103 Å². The minimum Gasteiger partial charge on any atom is -0.306 e. The third-order valence-corrected chi connectivity index (χ3v) is 9.36. The van der Waals surface area contributed by atoms with Gasteiger partial charge >= 0.3 is 0 Å². The van der Waals surface area contributed by atoms with Gasteiger partial charge in [0.15, 0.2) is 0 Å². The highest BCUT2D eigenvalue weighted by molar-refractivity contribution is 7.26. The Balaban J connectivity index is 1.52. The molecule has 0 spiro atoms. The highest BCUT2D eigenvalue weighted by Crippen LogP contribution is 2.45. The fraction of sp³-hybridized carbons (Fsp3) is 0. The van der Waals surface area contributed by atoms with E-state index < -0.39 is 0 Å². The number of pyridine rings is 1. The minimum absolute atomic E-state index is 0.994. The van der Waals surface area contributed by atoms with Gasteiger partial charge in [-0.3, -0.25) is 0 Å². The second-order valence-electron chi connectivity index (χ2n) is 10.4. The fourth-order valence-corrected chi connectivity index (χ4v) is 7.63. The Morgan fingerprint density at radius 1 is 0.525 bits per heavy atom. The van der Waals surface area contributed by atoms with Crippen LogP contribution in [0.25, 0.3) is 80.6 Å². The van der Waals surface area contributed by atoms with Crippen LogP contribution in [0.3, 0.4) is 0 Å². The fourth-order valence-electron chi connectivity index (χ4n) is 6.38. The summed E-state index contributed by atoms with van der Waals surface area (Å²) in [4.78, 5) is 5.39. The van der Waals surface area contributed by atoms with Crippen molar-refractivity contribution in [1.29, 1.82) is 0 Å². The molecular weight excluding hydrogens is 504 g/mol. The summed E-state index contributed by atoms with van der Waals surface area (Å²) in [7, 11) is 0. The molecule has 2 nitrogen and oxygen atoms in total. The van der Waals surface area contributed by atoms with Crippen molar-refractivity contribution < 1.29 is 0 Å². The molecule has 0 saturated heterocycles. The van der Waals surface area contributed by atoms with E-state index in [4.69, 9.17) is 4.98 Å². The molecule has 0 unspecified atom stereocenters. The summed E-state index contributed by atoms with van der Waals surface area (Å²) < 4.78 is 5.06. The summed E-state index contributed by atoms with van der Waals surface area (Å²) in [5.74, 6) is 0. The number of fused-ring (bicyclic) bond motifs is 9. The Morgan fingerprint density at radius 3 is 1.95 bits per heavy atom. The average molecular weight is 527 g/mol. The summed E-state index contributed by atoms with van der Waals surface area (Å²) in [6.45, 7) is 0. The standard InChI is InChI=1S/C37H22N2S/c1-2-10-23(11-3-1)30-19-21-32-35(38-30)34-31(20-18-29-28-16-8-9-17-33(28)40-37(29)34)39(32)36-26-14-6-4-12-24(26)22-25-13-5-7-15-27(25)36/h1-22H. The second-order valence-corrected chi connectivity index (χ2v) is 11.4. The molecule has 0 amide bonds. The second kappa shape index (κ2) is 8.25.